The number of fused-ring (bicyclic) bond motifs is 1. The number of carbonyl (C=O) groups is 1. The van der Waals surface area contributed by atoms with Crippen molar-refractivity contribution in [3.8, 4) is 0 Å². The third kappa shape index (κ3) is 3.69. The maximum atomic E-state index is 12.8. The number of amides is 1. The molecule has 0 saturated carbocycles. The van der Waals surface area contributed by atoms with E-state index in [0.29, 0.717) is 29.9 Å². The first-order chi connectivity index (χ1) is 12.9. The smallest absolute Gasteiger partial charge is 0.257 e. The normalized spacial score (nSPS) is 11.9. The number of hydrogen-bond donors (Lipinski definition) is 2. The average molecular weight is 407 g/mol. The fourth-order valence-corrected chi connectivity index (χ4v) is 4.80. The summed E-state index contributed by atoms with van der Waals surface area (Å²) in [6.07, 6.45) is 1.63. The standard InChI is InChI=1S/C18H19ClN4O3S/c1-3-23(4-2)27(25,26)16-10-13(8-9-15(16)19)21-18(24)14-7-5-6-12-11-20-22-17(12)14/h5-11H,3-4H2,1-2H3,(H,20,22)(H,21,24). The molecule has 1 heterocycles. The summed E-state index contributed by atoms with van der Waals surface area (Å²) < 4.78 is 26.9. The fraction of sp³-hybridized carbons (Fsp3) is 0.222. The summed E-state index contributed by atoms with van der Waals surface area (Å²) in [6.45, 7) is 4.17. The van der Waals surface area contributed by atoms with Crippen molar-refractivity contribution in [2.24, 2.45) is 0 Å². The van der Waals surface area contributed by atoms with Gasteiger partial charge < -0.3 is 5.32 Å². The van der Waals surface area contributed by atoms with E-state index in [4.69, 9.17) is 11.6 Å². The molecule has 0 atom stereocenters. The Bertz CT molecular complexity index is 1090. The second-order valence-electron chi connectivity index (χ2n) is 5.83. The highest BCUT2D eigenvalue weighted by Gasteiger charge is 2.25. The monoisotopic (exact) mass is 406 g/mol. The van der Waals surface area contributed by atoms with Gasteiger partial charge in [-0.15, -0.1) is 0 Å². The minimum absolute atomic E-state index is 0.0367. The summed E-state index contributed by atoms with van der Waals surface area (Å²) in [6, 6.07) is 9.66. The highest BCUT2D eigenvalue weighted by molar-refractivity contribution is 7.89. The highest BCUT2D eigenvalue weighted by Crippen LogP contribution is 2.28. The summed E-state index contributed by atoms with van der Waals surface area (Å²) in [5.74, 6) is -0.377. The molecule has 0 bridgehead atoms. The van der Waals surface area contributed by atoms with Crippen molar-refractivity contribution in [3.63, 3.8) is 0 Å². The summed E-state index contributed by atoms with van der Waals surface area (Å²) in [7, 11) is -3.75. The third-order valence-electron chi connectivity index (χ3n) is 4.23. The van der Waals surface area contributed by atoms with Gasteiger partial charge in [0.25, 0.3) is 5.91 Å². The van der Waals surface area contributed by atoms with Gasteiger partial charge in [-0.2, -0.15) is 9.40 Å². The lowest BCUT2D eigenvalue weighted by Gasteiger charge is -2.19. The second kappa shape index (κ2) is 7.67. The number of aromatic amines is 1. The zero-order chi connectivity index (χ0) is 19.6. The molecule has 3 aromatic rings. The van der Waals surface area contributed by atoms with E-state index in [-0.39, 0.29) is 15.8 Å². The molecule has 2 N–H and O–H groups in total. The van der Waals surface area contributed by atoms with Crippen molar-refractivity contribution >= 4 is 44.1 Å². The van der Waals surface area contributed by atoms with Crippen molar-refractivity contribution in [2.45, 2.75) is 18.7 Å². The van der Waals surface area contributed by atoms with Gasteiger partial charge in [0.1, 0.15) is 4.90 Å². The predicted molar refractivity (Wildman–Crippen MR) is 106 cm³/mol. The van der Waals surface area contributed by atoms with E-state index in [2.05, 4.69) is 15.5 Å². The number of sulfonamides is 1. The number of carbonyl (C=O) groups excluding carboxylic acids is 1. The average Bonchev–Trinajstić information content (AvgIpc) is 3.12. The van der Waals surface area contributed by atoms with E-state index in [0.717, 1.165) is 5.39 Å². The minimum Gasteiger partial charge on any atom is -0.322 e. The molecule has 9 heteroatoms. The van der Waals surface area contributed by atoms with Crippen molar-refractivity contribution in [1.29, 1.82) is 0 Å². The summed E-state index contributed by atoms with van der Waals surface area (Å²) >= 11 is 6.12. The van der Waals surface area contributed by atoms with Crippen LogP contribution < -0.4 is 5.32 Å². The van der Waals surface area contributed by atoms with Crippen molar-refractivity contribution in [3.05, 3.63) is 53.2 Å². The maximum absolute atomic E-state index is 12.8. The van der Waals surface area contributed by atoms with Crippen LogP contribution in [0.4, 0.5) is 5.69 Å². The van der Waals surface area contributed by atoms with Gasteiger partial charge in [0.15, 0.2) is 0 Å². The van der Waals surface area contributed by atoms with Crippen LogP contribution in [-0.2, 0) is 10.0 Å². The Labute approximate surface area is 162 Å². The van der Waals surface area contributed by atoms with Crippen LogP contribution >= 0.6 is 11.6 Å². The molecular formula is C18H19ClN4O3S. The third-order valence-corrected chi connectivity index (χ3v) is 6.77. The number of rotatable bonds is 6. The molecule has 3 rings (SSSR count). The van der Waals surface area contributed by atoms with E-state index < -0.39 is 10.0 Å². The van der Waals surface area contributed by atoms with Crippen LogP contribution in [0.3, 0.4) is 0 Å². The van der Waals surface area contributed by atoms with Gasteiger partial charge in [-0.1, -0.05) is 37.6 Å². The Morgan fingerprint density at radius 1 is 1.22 bits per heavy atom. The molecule has 7 nitrogen and oxygen atoms in total. The van der Waals surface area contributed by atoms with Crippen molar-refractivity contribution in [1.82, 2.24) is 14.5 Å². The molecule has 0 aliphatic carbocycles. The largest absolute Gasteiger partial charge is 0.322 e. The Morgan fingerprint density at radius 3 is 2.67 bits per heavy atom. The lowest BCUT2D eigenvalue weighted by atomic mass is 10.1. The molecular weight excluding hydrogens is 388 g/mol. The SMILES string of the molecule is CCN(CC)S(=O)(=O)c1cc(NC(=O)c2cccc3cn[nH]c23)ccc1Cl. The number of benzene rings is 2. The molecule has 1 amide bonds. The van der Waals surface area contributed by atoms with Crippen LogP contribution in [0.15, 0.2) is 47.5 Å². The number of nitrogens with zero attached hydrogens (tertiary/aromatic N) is 2. The van der Waals surface area contributed by atoms with E-state index in [1.54, 1.807) is 38.2 Å². The lowest BCUT2D eigenvalue weighted by molar-refractivity contribution is 0.102. The molecule has 0 fully saturated rings. The minimum atomic E-state index is -3.75. The Morgan fingerprint density at radius 2 is 1.96 bits per heavy atom. The van der Waals surface area contributed by atoms with E-state index in [1.807, 2.05) is 6.07 Å². The van der Waals surface area contributed by atoms with Crippen molar-refractivity contribution < 1.29 is 13.2 Å². The van der Waals surface area contributed by atoms with Crippen LogP contribution in [0.2, 0.25) is 5.02 Å². The van der Waals surface area contributed by atoms with Crippen LogP contribution in [-0.4, -0.2) is 41.9 Å². The van der Waals surface area contributed by atoms with E-state index in [9.17, 15) is 13.2 Å². The molecule has 0 unspecified atom stereocenters. The number of halogens is 1. The van der Waals surface area contributed by atoms with Crippen LogP contribution in [0.25, 0.3) is 10.9 Å². The Hall–Kier alpha value is -2.42. The highest BCUT2D eigenvalue weighted by atomic mass is 35.5. The first kappa shape index (κ1) is 19.3. The number of hydrogen-bond acceptors (Lipinski definition) is 4. The van der Waals surface area contributed by atoms with Gasteiger partial charge in [-0.05, 0) is 24.3 Å². The quantitative estimate of drug-likeness (QED) is 0.654. The molecule has 0 saturated heterocycles. The zero-order valence-electron chi connectivity index (χ0n) is 14.9. The predicted octanol–water partition coefficient (Wildman–Crippen LogP) is 3.50. The number of aromatic nitrogens is 2. The van der Waals surface area contributed by atoms with Crippen molar-refractivity contribution in [2.75, 3.05) is 18.4 Å². The molecule has 0 aliphatic heterocycles. The molecule has 1 aromatic heterocycles. The summed E-state index contributed by atoms with van der Waals surface area (Å²) in [5.41, 5.74) is 1.36. The van der Waals surface area contributed by atoms with E-state index in [1.165, 1.54) is 16.4 Å². The molecule has 2 aromatic carbocycles. The first-order valence-electron chi connectivity index (χ1n) is 8.41. The van der Waals surface area contributed by atoms with Crippen LogP contribution in [0, 0.1) is 0 Å². The second-order valence-corrected chi connectivity index (χ2v) is 8.14. The van der Waals surface area contributed by atoms with Gasteiger partial charge >= 0.3 is 0 Å². The Kier molecular flexibility index (Phi) is 5.50. The molecule has 27 heavy (non-hydrogen) atoms. The van der Waals surface area contributed by atoms with Crippen LogP contribution in [0.5, 0.6) is 0 Å². The topological polar surface area (TPSA) is 95.2 Å². The van der Waals surface area contributed by atoms with Gasteiger partial charge in [0.05, 0.1) is 22.3 Å². The number of para-hydroxylation sites is 1. The van der Waals surface area contributed by atoms with Gasteiger partial charge in [-0.3, -0.25) is 9.89 Å². The summed E-state index contributed by atoms with van der Waals surface area (Å²) in [4.78, 5) is 12.6. The van der Waals surface area contributed by atoms with E-state index >= 15 is 0 Å². The fourth-order valence-electron chi connectivity index (χ4n) is 2.84. The van der Waals surface area contributed by atoms with Gasteiger partial charge in [0, 0.05) is 24.2 Å². The van der Waals surface area contributed by atoms with Gasteiger partial charge in [0.2, 0.25) is 10.0 Å². The molecule has 142 valence electrons. The first-order valence-corrected chi connectivity index (χ1v) is 10.2. The molecule has 0 radical (unpaired) electrons. The zero-order valence-corrected chi connectivity index (χ0v) is 16.4. The Balaban J connectivity index is 1.95. The van der Waals surface area contributed by atoms with Crippen LogP contribution in [0.1, 0.15) is 24.2 Å². The summed E-state index contributed by atoms with van der Waals surface area (Å²) in [5, 5.41) is 10.4. The maximum Gasteiger partial charge on any atom is 0.257 e. The molecule has 0 aliphatic rings. The van der Waals surface area contributed by atoms with Gasteiger partial charge in [-0.25, -0.2) is 8.42 Å². The number of anilines is 1. The number of nitrogens with one attached hydrogen (secondary N) is 2. The lowest BCUT2D eigenvalue weighted by Crippen LogP contribution is -2.30. The molecule has 0 spiro atoms. The number of H-pyrrole nitrogens is 1.